The van der Waals surface area contributed by atoms with Gasteiger partial charge in [-0.2, -0.15) is 5.26 Å². The van der Waals surface area contributed by atoms with Gasteiger partial charge in [-0.1, -0.05) is 6.07 Å². The number of hydrogen-bond donors (Lipinski definition) is 0. The molecule has 3 heteroatoms. The van der Waals surface area contributed by atoms with E-state index in [1.165, 1.54) is 6.42 Å². The van der Waals surface area contributed by atoms with Crippen LogP contribution in [-0.4, -0.2) is 19.8 Å². The van der Waals surface area contributed by atoms with E-state index in [2.05, 4.69) is 6.07 Å². The molecule has 1 fully saturated rings. The van der Waals surface area contributed by atoms with Gasteiger partial charge in [-0.05, 0) is 43.4 Å². The third-order valence-electron chi connectivity index (χ3n) is 3.01. The van der Waals surface area contributed by atoms with Gasteiger partial charge in [0.2, 0.25) is 0 Å². The Hall–Kier alpha value is -1.53. The quantitative estimate of drug-likeness (QED) is 0.800. The molecule has 0 N–H and O–H groups in total. The zero-order chi connectivity index (χ0) is 11.9. The van der Waals surface area contributed by atoms with E-state index in [1.807, 2.05) is 12.1 Å². The molecular weight excluding hydrogens is 214 g/mol. The highest BCUT2D eigenvalue weighted by molar-refractivity contribution is 5.36. The van der Waals surface area contributed by atoms with Crippen molar-refractivity contribution in [2.24, 2.45) is 5.92 Å². The Bertz CT molecular complexity index is 391. The van der Waals surface area contributed by atoms with E-state index >= 15 is 0 Å². The SMILES string of the molecule is N#Cc1cccc(OCCC2CCCOC2)c1. The van der Waals surface area contributed by atoms with Crippen molar-refractivity contribution in [2.45, 2.75) is 19.3 Å². The molecule has 17 heavy (non-hydrogen) atoms. The van der Waals surface area contributed by atoms with Crippen molar-refractivity contribution in [1.82, 2.24) is 0 Å². The number of ether oxygens (including phenoxy) is 2. The monoisotopic (exact) mass is 231 g/mol. The third kappa shape index (κ3) is 3.76. The topological polar surface area (TPSA) is 42.2 Å². The molecule has 0 bridgehead atoms. The second-order valence-electron chi connectivity index (χ2n) is 4.36. The zero-order valence-electron chi connectivity index (χ0n) is 9.89. The second-order valence-corrected chi connectivity index (χ2v) is 4.36. The van der Waals surface area contributed by atoms with Crippen LogP contribution in [0.3, 0.4) is 0 Å². The van der Waals surface area contributed by atoms with Crippen LogP contribution in [0.4, 0.5) is 0 Å². The Balaban J connectivity index is 1.75. The van der Waals surface area contributed by atoms with Gasteiger partial charge in [0.1, 0.15) is 5.75 Å². The van der Waals surface area contributed by atoms with Crippen LogP contribution >= 0.6 is 0 Å². The highest BCUT2D eigenvalue weighted by Crippen LogP contribution is 2.18. The van der Waals surface area contributed by atoms with Crippen molar-refractivity contribution < 1.29 is 9.47 Å². The van der Waals surface area contributed by atoms with Gasteiger partial charge in [-0.3, -0.25) is 0 Å². The van der Waals surface area contributed by atoms with Crippen molar-refractivity contribution in [2.75, 3.05) is 19.8 Å². The average Bonchev–Trinajstić information content (AvgIpc) is 2.40. The van der Waals surface area contributed by atoms with Gasteiger partial charge < -0.3 is 9.47 Å². The lowest BCUT2D eigenvalue weighted by molar-refractivity contribution is 0.0462. The van der Waals surface area contributed by atoms with Crippen LogP contribution in [0.2, 0.25) is 0 Å². The molecule has 0 radical (unpaired) electrons. The summed E-state index contributed by atoms with van der Waals surface area (Å²) in [7, 11) is 0. The van der Waals surface area contributed by atoms with Crippen LogP contribution in [0.5, 0.6) is 5.75 Å². The van der Waals surface area contributed by atoms with Crippen LogP contribution in [-0.2, 0) is 4.74 Å². The first-order valence-corrected chi connectivity index (χ1v) is 6.09. The summed E-state index contributed by atoms with van der Waals surface area (Å²) < 4.78 is 11.1. The summed E-state index contributed by atoms with van der Waals surface area (Å²) >= 11 is 0. The minimum Gasteiger partial charge on any atom is -0.494 e. The van der Waals surface area contributed by atoms with Crippen molar-refractivity contribution in [1.29, 1.82) is 5.26 Å². The predicted molar refractivity (Wildman–Crippen MR) is 64.8 cm³/mol. The number of nitriles is 1. The first-order chi connectivity index (χ1) is 8.38. The molecule has 2 rings (SSSR count). The largest absolute Gasteiger partial charge is 0.494 e. The highest BCUT2D eigenvalue weighted by Gasteiger charge is 2.13. The maximum Gasteiger partial charge on any atom is 0.120 e. The fraction of sp³-hybridized carbons (Fsp3) is 0.500. The Morgan fingerprint density at radius 2 is 2.41 bits per heavy atom. The van der Waals surface area contributed by atoms with Crippen molar-refractivity contribution >= 4 is 0 Å². The summed E-state index contributed by atoms with van der Waals surface area (Å²) in [5.41, 5.74) is 0.642. The summed E-state index contributed by atoms with van der Waals surface area (Å²) in [4.78, 5) is 0. The molecule has 0 spiro atoms. The van der Waals surface area contributed by atoms with E-state index in [0.29, 0.717) is 18.1 Å². The van der Waals surface area contributed by atoms with Crippen LogP contribution in [0.25, 0.3) is 0 Å². The highest BCUT2D eigenvalue weighted by atomic mass is 16.5. The second kappa shape index (κ2) is 6.27. The summed E-state index contributed by atoms with van der Waals surface area (Å²) in [6, 6.07) is 9.39. The molecule has 1 heterocycles. The summed E-state index contributed by atoms with van der Waals surface area (Å²) in [5, 5.41) is 8.77. The van der Waals surface area contributed by atoms with Gasteiger partial charge in [-0.25, -0.2) is 0 Å². The predicted octanol–water partition coefficient (Wildman–Crippen LogP) is 2.75. The summed E-state index contributed by atoms with van der Waals surface area (Å²) in [6.07, 6.45) is 3.42. The average molecular weight is 231 g/mol. The molecule has 0 saturated carbocycles. The molecular formula is C14H17NO2. The molecule has 0 aliphatic carbocycles. The van der Waals surface area contributed by atoms with E-state index in [4.69, 9.17) is 14.7 Å². The number of hydrogen-bond acceptors (Lipinski definition) is 3. The van der Waals surface area contributed by atoms with E-state index < -0.39 is 0 Å². The maximum atomic E-state index is 8.77. The van der Waals surface area contributed by atoms with Crippen LogP contribution < -0.4 is 4.74 Å². The van der Waals surface area contributed by atoms with Gasteiger partial charge in [0.15, 0.2) is 0 Å². The van der Waals surface area contributed by atoms with E-state index in [9.17, 15) is 0 Å². The van der Waals surface area contributed by atoms with Crippen LogP contribution in [0.15, 0.2) is 24.3 Å². The van der Waals surface area contributed by atoms with Gasteiger partial charge in [0.25, 0.3) is 0 Å². The molecule has 1 aromatic rings. The number of nitrogens with zero attached hydrogens (tertiary/aromatic N) is 1. The fourth-order valence-corrected chi connectivity index (χ4v) is 2.03. The summed E-state index contributed by atoms with van der Waals surface area (Å²) in [6.45, 7) is 2.46. The van der Waals surface area contributed by atoms with E-state index in [1.54, 1.807) is 12.1 Å². The molecule has 1 atom stereocenters. The minimum atomic E-state index is 0.628. The molecule has 3 nitrogen and oxygen atoms in total. The first kappa shape index (κ1) is 11.9. The van der Waals surface area contributed by atoms with Gasteiger partial charge in [0, 0.05) is 13.2 Å². The Kier molecular flexibility index (Phi) is 4.40. The molecule has 1 aromatic carbocycles. The van der Waals surface area contributed by atoms with Crippen LogP contribution in [0, 0.1) is 17.2 Å². The Morgan fingerprint density at radius 3 is 3.18 bits per heavy atom. The number of benzene rings is 1. The van der Waals surface area contributed by atoms with Crippen molar-refractivity contribution in [3.63, 3.8) is 0 Å². The standard InChI is InChI=1S/C14H17NO2/c15-10-13-3-1-5-14(9-13)17-8-6-12-4-2-7-16-11-12/h1,3,5,9,12H,2,4,6-8,11H2. The lowest BCUT2D eigenvalue weighted by atomic mass is 9.99. The summed E-state index contributed by atoms with van der Waals surface area (Å²) in [5.74, 6) is 1.41. The van der Waals surface area contributed by atoms with Crippen molar-refractivity contribution in [3.05, 3.63) is 29.8 Å². The Morgan fingerprint density at radius 1 is 1.47 bits per heavy atom. The normalized spacial score (nSPS) is 19.6. The molecule has 1 saturated heterocycles. The smallest absolute Gasteiger partial charge is 0.120 e. The van der Waals surface area contributed by atoms with E-state index in [0.717, 1.165) is 31.8 Å². The number of rotatable bonds is 4. The van der Waals surface area contributed by atoms with Crippen LogP contribution in [0.1, 0.15) is 24.8 Å². The Labute approximate surface area is 102 Å². The minimum absolute atomic E-state index is 0.628. The zero-order valence-corrected chi connectivity index (χ0v) is 9.89. The first-order valence-electron chi connectivity index (χ1n) is 6.09. The third-order valence-corrected chi connectivity index (χ3v) is 3.01. The molecule has 1 unspecified atom stereocenters. The van der Waals surface area contributed by atoms with Crippen molar-refractivity contribution in [3.8, 4) is 11.8 Å². The lowest BCUT2D eigenvalue weighted by Crippen LogP contribution is -2.19. The fourth-order valence-electron chi connectivity index (χ4n) is 2.03. The van der Waals surface area contributed by atoms with E-state index in [-0.39, 0.29) is 0 Å². The molecule has 0 aromatic heterocycles. The molecule has 1 aliphatic heterocycles. The van der Waals surface area contributed by atoms with Gasteiger partial charge in [-0.15, -0.1) is 0 Å². The van der Waals surface area contributed by atoms with Gasteiger partial charge in [0.05, 0.1) is 18.2 Å². The molecule has 1 aliphatic rings. The molecule has 90 valence electrons. The lowest BCUT2D eigenvalue weighted by Gasteiger charge is -2.21. The maximum absolute atomic E-state index is 8.77. The van der Waals surface area contributed by atoms with Gasteiger partial charge >= 0.3 is 0 Å². The molecule has 0 amide bonds.